The highest BCUT2D eigenvalue weighted by Gasteiger charge is 2.19. The van der Waals surface area contributed by atoms with Gasteiger partial charge in [0.1, 0.15) is 6.29 Å². The second-order valence-electron chi connectivity index (χ2n) is 3.90. The van der Waals surface area contributed by atoms with Crippen LogP contribution >= 0.6 is 0 Å². The second kappa shape index (κ2) is 4.24. The molecule has 68 valence electrons. The maximum atomic E-state index is 10.1. The number of allylic oxidation sites excluding steroid dienone is 3. The van der Waals surface area contributed by atoms with Crippen LogP contribution in [0.2, 0.25) is 0 Å². The van der Waals surface area contributed by atoms with Crippen molar-refractivity contribution in [3.05, 3.63) is 24.3 Å². The first-order valence-electron chi connectivity index (χ1n) is 4.24. The predicted molar refractivity (Wildman–Crippen MR) is 53.0 cm³/mol. The highest BCUT2D eigenvalue weighted by molar-refractivity contribution is 5.65. The van der Waals surface area contributed by atoms with Crippen LogP contribution in [-0.4, -0.2) is 6.29 Å². The molecule has 0 aliphatic carbocycles. The third-order valence-electron chi connectivity index (χ3n) is 2.12. The number of hydrogen-bond acceptors (Lipinski definition) is 1. The van der Waals surface area contributed by atoms with Crippen molar-refractivity contribution < 1.29 is 4.79 Å². The summed E-state index contributed by atoms with van der Waals surface area (Å²) in [5.74, 6) is 0.455. The van der Waals surface area contributed by atoms with Crippen LogP contribution in [0.1, 0.15) is 27.7 Å². The van der Waals surface area contributed by atoms with E-state index in [1.807, 2.05) is 6.08 Å². The van der Waals surface area contributed by atoms with Crippen molar-refractivity contribution in [3.8, 4) is 0 Å². The zero-order valence-corrected chi connectivity index (χ0v) is 8.42. The molecule has 0 N–H and O–H groups in total. The number of aldehydes is 1. The summed E-state index contributed by atoms with van der Waals surface area (Å²) in [7, 11) is 0. The first kappa shape index (κ1) is 11.2. The van der Waals surface area contributed by atoms with Gasteiger partial charge in [0.15, 0.2) is 0 Å². The smallest absolute Gasteiger partial charge is 0.142 e. The van der Waals surface area contributed by atoms with Gasteiger partial charge in [0.2, 0.25) is 0 Å². The van der Waals surface area contributed by atoms with Crippen molar-refractivity contribution in [2.24, 2.45) is 11.3 Å². The van der Waals surface area contributed by atoms with E-state index in [1.54, 1.807) is 0 Å². The Morgan fingerprint density at radius 1 is 1.42 bits per heavy atom. The van der Waals surface area contributed by atoms with Gasteiger partial charge >= 0.3 is 0 Å². The highest BCUT2D eigenvalue weighted by Crippen LogP contribution is 2.31. The van der Waals surface area contributed by atoms with Crippen LogP contribution in [0.25, 0.3) is 0 Å². The third kappa shape index (κ3) is 3.04. The average Bonchev–Trinajstić information content (AvgIpc) is 1.99. The fraction of sp³-hybridized carbons (Fsp3) is 0.545. The lowest BCUT2D eigenvalue weighted by Gasteiger charge is -2.26. The van der Waals surface area contributed by atoms with E-state index in [1.165, 1.54) is 6.08 Å². The van der Waals surface area contributed by atoms with E-state index in [0.29, 0.717) is 5.92 Å². The minimum absolute atomic E-state index is 0.0743. The SMILES string of the molecule is C=C(C(C)C)C(C)(C)/C=C\C=O. The van der Waals surface area contributed by atoms with E-state index >= 15 is 0 Å². The van der Waals surface area contributed by atoms with Gasteiger partial charge in [-0.05, 0) is 12.0 Å². The zero-order valence-electron chi connectivity index (χ0n) is 8.42. The quantitative estimate of drug-likeness (QED) is 0.356. The van der Waals surface area contributed by atoms with E-state index < -0.39 is 0 Å². The molecule has 0 rings (SSSR count). The predicted octanol–water partition coefficient (Wildman–Crippen LogP) is 2.98. The normalized spacial score (nSPS) is 12.4. The molecule has 0 radical (unpaired) electrons. The molecule has 0 spiro atoms. The van der Waals surface area contributed by atoms with Gasteiger partial charge < -0.3 is 0 Å². The zero-order chi connectivity index (χ0) is 9.78. The van der Waals surface area contributed by atoms with Crippen LogP contribution in [0.5, 0.6) is 0 Å². The van der Waals surface area contributed by atoms with Gasteiger partial charge in [0, 0.05) is 5.41 Å². The summed E-state index contributed by atoms with van der Waals surface area (Å²) in [5, 5.41) is 0. The van der Waals surface area contributed by atoms with Crippen molar-refractivity contribution in [2.75, 3.05) is 0 Å². The lowest BCUT2D eigenvalue weighted by Crippen LogP contribution is -2.14. The second-order valence-corrected chi connectivity index (χ2v) is 3.90. The maximum Gasteiger partial charge on any atom is 0.142 e. The molecule has 0 fully saturated rings. The number of carbonyl (C=O) groups excluding carboxylic acids is 1. The van der Waals surface area contributed by atoms with Crippen LogP contribution < -0.4 is 0 Å². The molecule has 0 amide bonds. The fourth-order valence-electron chi connectivity index (χ4n) is 1.13. The molecule has 1 heteroatoms. The van der Waals surface area contributed by atoms with Gasteiger partial charge in [-0.2, -0.15) is 0 Å². The Kier molecular flexibility index (Phi) is 3.94. The van der Waals surface area contributed by atoms with E-state index in [-0.39, 0.29) is 5.41 Å². The molecule has 0 bridgehead atoms. The van der Waals surface area contributed by atoms with Crippen LogP contribution in [0.4, 0.5) is 0 Å². The first-order chi connectivity index (χ1) is 5.41. The molecule has 0 aliphatic rings. The van der Waals surface area contributed by atoms with Gasteiger partial charge in [-0.3, -0.25) is 4.79 Å². The molecule has 0 heterocycles. The Balaban J connectivity index is 4.49. The maximum absolute atomic E-state index is 10.1. The molecule has 0 aliphatic heterocycles. The van der Waals surface area contributed by atoms with E-state index in [2.05, 4.69) is 34.3 Å². The van der Waals surface area contributed by atoms with Crippen LogP contribution in [-0.2, 0) is 4.79 Å². The Hall–Kier alpha value is -0.850. The average molecular weight is 166 g/mol. The van der Waals surface area contributed by atoms with Crippen molar-refractivity contribution in [2.45, 2.75) is 27.7 Å². The highest BCUT2D eigenvalue weighted by atomic mass is 16.1. The molecule has 0 saturated carbocycles. The first-order valence-corrected chi connectivity index (χ1v) is 4.24. The van der Waals surface area contributed by atoms with Gasteiger partial charge in [0.05, 0.1) is 0 Å². The molecule has 0 aromatic carbocycles. The van der Waals surface area contributed by atoms with Crippen LogP contribution in [0.3, 0.4) is 0 Å². The summed E-state index contributed by atoms with van der Waals surface area (Å²) < 4.78 is 0. The summed E-state index contributed by atoms with van der Waals surface area (Å²) in [6.45, 7) is 12.4. The van der Waals surface area contributed by atoms with Crippen molar-refractivity contribution in [1.82, 2.24) is 0 Å². The number of carbonyl (C=O) groups is 1. The summed E-state index contributed by atoms with van der Waals surface area (Å²) in [5.41, 5.74) is 1.08. The molecule has 0 aromatic rings. The van der Waals surface area contributed by atoms with Crippen molar-refractivity contribution >= 4 is 6.29 Å². The Bertz CT molecular complexity index is 197. The lowest BCUT2D eigenvalue weighted by atomic mass is 9.79. The van der Waals surface area contributed by atoms with Crippen molar-refractivity contribution in [3.63, 3.8) is 0 Å². The summed E-state index contributed by atoms with van der Waals surface area (Å²) in [4.78, 5) is 10.1. The Labute approximate surface area is 75.2 Å². The fourth-order valence-corrected chi connectivity index (χ4v) is 1.13. The molecule has 0 unspecified atom stereocenters. The van der Waals surface area contributed by atoms with Crippen molar-refractivity contribution in [1.29, 1.82) is 0 Å². The molecular formula is C11H18O. The summed E-state index contributed by atoms with van der Waals surface area (Å²) >= 11 is 0. The largest absolute Gasteiger partial charge is 0.299 e. The molecule has 12 heavy (non-hydrogen) atoms. The minimum atomic E-state index is -0.0743. The lowest BCUT2D eigenvalue weighted by molar-refractivity contribution is -0.104. The van der Waals surface area contributed by atoms with Gasteiger partial charge in [-0.1, -0.05) is 45.9 Å². The van der Waals surface area contributed by atoms with Gasteiger partial charge in [-0.25, -0.2) is 0 Å². The minimum Gasteiger partial charge on any atom is -0.299 e. The summed E-state index contributed by atoms with van der Waals surface area (Å²) in [6.07, 6.45) is 4.23. The van der Waals surface area contributed by atoms with Gasteiger partial charge in [0.25, 0.3) is 0 Å². The van der Waals surface area contributed by atoms with E-state index in [0.717, 1.165) is 11.9 Å². The Morgan fingerprint density at radius 2 is 1.92 bits per heavy atom. The van der Waals surface area contributed by atoms with Crippen LogP contribution in [0, 0.1) is 11.3 Å². The summed E-state index contributed by atoms with van der Waals surface area (Å²) in [6, 6.07) is 0. The Morgan fingerprint density at radius 3 is 2.25 bits per heavy atom. The van der Waals surface area contributed by atoms with Crippen LogP contribution in [0.15, 0.2) is 24.3 Å². The molecule has 0 atom stereocenters. The van der Waals surface area contributed by atoms with E-state index in [9.17, 15) is 4.79 Å². The molecular weight excluding hydrogens is 148 g/mol. The topological polar surface area (TPSA) is 17.1 Å². The molecule has 0 saturated heterocycles. The molecule has 0 aromatic heterocycles. The van der Waals surface area contributed by atoms with Gasteiger partial charge in [-0.15, -0.1) is 0 Å². The molecule has 1 nitrogen and oxygen atoms in total. The van der Waals surface area contributed by atoms with E-state index in [4.69, 9.17) is 0 Å². The standard InChI is InChI=1S/C11H18O/c1-9(2)10(3)11(4,5)7-6-8-12/h6-9H,3H2,1-2,4-5H3/b7-6-. The number of rotatable bonds is 4. The third-order valence-corrected chi connectivity index (χ3v) is 2.12. The monoisotopic (exact) mass is 166 g/mol. The number of hydrogen-bond donors (Lipinski definition) is 0.